The van der Waals surface area contributed by atoms with Crippen LogP contribution in [0.25, 0.3) is 0 Å². The second kappa shape index (κ2) is 9.00. The molecule has 8 nitrogen and oxygen atoms in total. The standard InChI is InChI=1S/C18H18ClN3O5/c1-12-7-8-16(15(9-12)22(25)26)27-11-18(24)21(2)10-17(23)20-14-6-4-3-5-13(14)19/h3-9H,10-11H2,1-2H3,(H,20,23). The number of anilines is 1. The lowest BCUT2D eigenvalue weighted by atomic mass is 10.2. The van der Waals surface area contributed by atoms with E-state index < -0.39 is 23.3 Å². The molecule has 2 aromatic rings. The molecule has 1 N–H and O–H groups in total. The van der Waals surface area contributed by atoms with E-state index in [1.54, 1.807) is 37.3 Å². The fourth-order valence-electron chi connectivity index (χ4n) is 2.20. The van der Waals surface area contributed by atoms with Gasteiger partial charge in [-0.3, -0.25) is 19.7 Å². The van der Waals surface area contributed by atoms with Gasteiger partial charge in [0, 0.05) is 13.1 Å². The first-order chi connectivity index (χ1) is 12.8. The molecule has 0 unspecified atom stereocenters. The molecule has 0 aliphatic carbocycles. The number of halogens is 1. The number of likely N-dealkylation sites (N-methyl/N-ethyl adjacent to an activating group) is 1. The fourth-order valence-corrected chi connectivity index (χ4v) is 2.38. The number of aryl methyl sites for hydroxylation is 1. The topological polar surface area (TPSA) is 102 Å². The van der Waals surface area contributed by atoms with E-state index in [4.69, 9.17) is 16.3 Å². The molecular formula is C18H18ClN3O5. The third-order valence-corrected chi connectivity index (χ3v) is 3.95. The average molecular weight is 392 g/mol. The molecule has 0 fully saturated rings. The largest absolute Gasteiger partial charge is 0.477 e. The highest BCUT2D eigenvalue weighted by molar-refractivity contribution is 6.33. The van der Waals surface area contributed by atoms with Crippen LogP contribution in [-0.4, -0.2) is 41.8 Å². The summed E-state index contributed by atoms with van der Waals surface area (Å²) >= 11 is 5.97. The van der Waals surface area contributed by atoms with Gasteiger partial charge in [0.05, 0.1) is 22.2 Å². The van der Waals surface area contributed by atoms with E-state index in [2.05, 4.69) is 5.32 Å². The van der Waals surface area contributed by atoms with Gasteiger partial charge in [-0.15, -0.1) is 0 Å². The summed E-state index contributed by atoms with van der Waals surface area (Å²) in [6, 6.07) is 11.2. The van der Waals surface area contributed by atoms with Crippen LogP contribution < -0.4 is 10.1 Å². The van der Waals surface area contributed by atoms with Gasteiger partial charge in [-0.2, -0.15) is 0 Å². The lowest BCUT2D eigenvalue weighted by Crippen LogP contribution is -2.37. The molecule has 0 aromatic heterocycles. The Bertz CT molecular complexity index is 872. The van der Waals surface area contributed by atoms with Gasteiger partial charge in [-0.1, -0.05) is 29.8 Å². The molecule has 142 valence electrons. The first-order valence-corrected chi connectivity index (χ1v) is 8.32. The Kier molecular flexibility index (Phi) is 6.73. The molecule has 0 aliphatic heterocycles. The summed E-state index contributed by atoms with van der Waals surface area (Å²) in [6.07, 6.45) is 0. The third kappa shape index (κ3) is 5.68. The first-order valence-electron chi connectivity index (χ1n) is 7.94. The number of nitro benzene ring substituents is 1. The van der Waals surface area contributed by atoms with Crippen molar-refractivity contribution in [2.45, 2.75) is 6.92 Å². The predicted molar refractivity (Wildman–Crippen MR) is 101 cm³/mol. The molecule has 0 bridgehead atoms. The van der Waals surface area contributed by atoms with Crippen molar-refractivity contribution in [3.63, 3.8) is 0 Å². The number of carbonyl (C=O) groups excluding carboxylic acids is 2. The van der Waals surface area contributed by atoms with E-state index in [0.29, 0.717) is 16.3 Å². The van der Waals surface area contributed by atoms with Gasteiger partial charge in [0.2, 0.25) is 5.91 Å². The van der Waals surface area contributed by atoms with E-state index in [0.717, 1.165) is 4.90 Å². The molecule has 2 rings (SSSR count). The number of ether oxygens (including phenoxy) is 1. The Balaban J connectivity index is 1.91. The SMILES string of the molecule is Cc1ccc(OCC(=O)N(C)CC(=O)Nc2ccccc2Cl)c([N+](=O)[O-])c1. The summed E-state index contributed by atoms with van der Waals surface area (Å²) in [4.78, 5) is 35.8. The summed E-state index contributed by atoms with van der Waals surface area (Å²) in [5.41, 5.74) is 0.923. The smallest absolute Gasteiger partial charge is 0.311 e. The molecule has 0 atom stereocenters. The second-order valence-electron chi connectivity index (χ2n) is 5.79. The van der Waals surface area contributed by atoms with Crippen LogP contribution in [0.1, 0.15) is 5.56 Å². The zero-order chi connectivity index (χ0) is 20.0. The minimum Gasteiger partial charge on any atom is -0.477 e. The van der Waals surface area contributed by atoms with Crippen LogP contribution in [0.3, 0.4) is 0 Å². The van der Waals surface area contributed by atoms with Crippen LogP contribution in [0.15, 0.2) is 42.5 Å². The van der Waals surface area contributed by atoms with Gasteiger partial charge >= 0.3 is 5.69 Å². The van der Waals surface area contributed by atoms with Crippen LogP contribution >= 0.6 is 11.6 Å². The highest BCUT2D eigenvalue weighted by Gasteiger charge is 2.19. The van der Waals surface area contributed by atoms with Crippen molar-refractivity contribution < 1.29 is 19.2 Å². The van der Waals surface area contributed by atoms with Crippen LogP contribution in [0.2, 0.25) is 5.02 Å². The van der Waals surface area contributed by atoms with Gasteiger partial charge in [0.15, 0.2) is 12.4 Å². The molecule has 0 heterocycles. The Hall–Kier alpha value is -3.13. The number of nitrogens with one attached hydrogen (secondary N) is 1. The van der Waals surface area contributed by atoms with E-state index in [1.807, 2.05) is 0 Å². The number of nitrogens with zero attached hydrogens (tertiary/aromatic N) is 2. The normalized spacial score (nSPS) is 10.2. The molecular weight excluding hydrogens is 374 g/mol. The zero-order valence-corrected chi connectivity index (χ0v) is 15.5. The predicted octanol–water partition coefficient (Wildman–Crippen LogP) is 3.03. The summed E-state index contributed by atoms with van der Waals surface area (Å²) in [5.74, 6) is -0.938. The maximum absolute atomic E-state index is 12.1. The Morgan fingerprint density at radius 3 is 2.63 bits per heavy atom. The van der Waals surface area contributed by atoms with Gasteiger partial charge in [0.25, 0.3) is 5.91 Å². The van der Waals surface area contributed by atoms with Crippen LogP contribution in [0.5, 0.6) is 5.75 Å². The van der Waals surface area contributed by atoms with Gasteiger partial charge < -0.3 is 15.0 Å². The van der Waals surface area contributed by atoms with E-state index >= 15 is 0 Å². The van der Waals surface area contributed by atoms with Crippen LogP contribution in [0, 0.1) is 17.0 Å². The molecule has 0 radical (unpaired) electrons. The number of amides is 2. The fraction of sp³-hybridized carbons (Fsp3) is 0.222. The molecule has 0 saturated carbocycles. The molecule has 9 heteroatoms. The number of hydrogen-bond acceptors (Lipinski definition) is 5. The molecule has 2 amide bonds. The summed E-state index contributed by atoms with van der Waals surface area (Å²) in [6.45, 7) is 1.07. The summed E-state index contributed by atoms with van der Waals surface area (Å²) < 4.78 is 5.27. The Morgan fingerprint density at radius 1 is 1.26 bits per heavy atom. The van der Waals surface area contributed by atoms with Crippen LogP contribution in [0.4, 0.5) is 11.4 Å². The van der Waals surface area contributed by atoms with E-state index in [9.17, 15) is 19.7 Å². The van der Waals surface area contributed by atoms with Crippen LogP contribution in [-0.2, 0) is 9.59 Å². The van der Waals surface area contributed by atoms with Crippen molar-refractivity contribution in [2.75, 3.05) is 25.5 Å². The van der Waals surface area contributed by atoms with Crippen molar-refractivity contribution in [2.24, 2.45) is 0 Å². The number of hydrogen-bond donors (Lipinski definition) is 1. The quantitative estimate of drug-likeness (QED) is 0.577. The van der Waals surface area contributed by atoms with Gasteiger partial charge in [0.1, 0.15) is 0 Å². The zero-order valence-electron chi connectivity index (χ0n) is 14.8. The Morgan fingerprint density at radius 2 is 1.96 bits per heavy atom. The van der Waals surface area contributed by atoms with Crippen molar-refractivity contribution in [1.82, 2.24) is 4.90 Å². The van der Waals surface area contributed by atoms with Gasteiger partial charge in [-0.25, -0.2) is 0 Å². The van der Waals surface area contributed by atoms with Crippen molar-refractivity contribution >= 4 is 34.8 Å². The summed E-state index contributed by atoms with van der Waals surface area (Å²) in [5, 5.41) is 14.1. The molecule has 0 aliphatic rings. The Labute approximate surface area is 160 Å². The first kappa shape index (κ1) is 20.2. The lowest BCUT2D eigenvalue weighted by molar-refractivity contribution is -0.385. The maximum Gasteiger partial charge on any atom is 0.311 e. The van der Waals surface area contributed by atoms with Crippen molar-refractivity contribution in [1.29, 1.82) is 0 Å². The second-order valence-corrected chi connectivity index (χ2v) is 6.20. The van der Waals surface area contributed by atoms with E-state index in [-0.39, 0.29) is 18.0 Å². The highest BCUT2D eigenvalue weighted by atomic mass is 35.5. The average Bonchev–Trinajstić information content (AvgIpc) is 2.62. The van der Waals surface area contributed by atoms with Gasteiger partial charge in [-0.05, 0) is 30.7 Å². The number of rotatable bonds is 7. The molecule has 2 aromatic carbocycles. The maximum atomic E-state index is 12.1. The number of nitro groups is 1. The number of para-hydroxylation sites is 1. The molecule has 27 heavy (non-hydrogen) atoms. The summed E-state index contributed by atoms with van der Waals surface area (Å²) in [7, 11) is 1.43. The van der Waals surface area contributed by atoms with Crippen molar-refractivity contribution in [3.8, 4) is 5.75 Å². The molecule has 0 spiro atoms. The molecule has 0 saturated heterocycles. The number of carbonyl (C=O) groups is 2. The van der Waals surface area contributed by atoms with Crippen molar-refractivity contribution in [3.05, 3.63) is 63.2 Å². The monoisotopic (exact) mass is 391 g/mol. The van der Waals surface area contributed by atoms with E-state index in [1.165, 1.54) is 19.2 Å². The lowest BCUT2D eigenvalue weighted by Gasteiger charge is -2.17. The number of benzene rings is 2. The third-order valence-electron chi connectivity index (χ3n) is 3.62. The minimum absolute atomic E-state index is 0.00660. The highest BCUT2D eigenvalue weighted by Crippen LogP contribution is 2.27. The minimum atomic E-state index is -0.576.